The molecular formula is C12H21NO2. The van der Waals surface area contributed by atoms with Crippen LogP contribution in [0.15, 0.2) is 0 Å². The van der Waals surface area contributed by atoms with Crippen LogP contribution in [-0.2, 0) is 9.53 Å². The van der Waals surface area contributed by atoms with Crippen molar-refractivity contribution in [2.75, 3.05) is 7.11 Å². The van der Waals surface area contributed by atoms with Crippen LogP contribution in [0.4, 0.5) is 0 Å². The zero-order valence-electron chi connectivity index (χ0n) is 9.55. The lowest BCUT2D eigenvalue weighted by Gasteiger charge is -2.69. The molecule has 2 bridgehead atoms. The molecule has 0 aromatic heterocycles. The van der Waals surface area contributed by atoms with Crippen LogP contribution in [0.2, 0.25) is 0 Å². The quantitative estimate of drug-likeness (QED) is 0.540. The summed E-state index contributed by atoms with van der Waals surface area (Å²) in [4.78, 5) is 10.9. The maximum Gasteiger partial charge on any atom is 0.305 e. The monoisotopic (exact) mass is 211 g/mol. The molecule has 0 saturated heterocycles. The smallest absolute Gasteiger partial charge is 0.305 e. The highest BCUT2D eigenvalue weighted by molar-refractivity contribution is 5.68. The van der Waals surface area contributed by atoms with E-state index in [1.807, 2.05) is 0 Å². The molecule has 0 radical (unpaired) electrons. The minimum atomic E-state index is -0.0820. The number of ether oxygens (including phenoxy) is 1. The van der Waals surface area contributed by atoms with Gasteiger partial charge in [0, 0.05) is 12.0 Å². The van der Waals surface area contributed by atoms with Crippen molar-refractivity contribution in [2.24, 2.45) is 11.1 Å². The third-order valence-corrected chi connectivity index (χ3v) is 4.00. The topological polar surface area (TPSA) is 52.3 Å². The molecule has 3 saturated carbocycles. The summed E-state index contributed by atoms with van der Waals surface area (Å²) in [6, 6.07) is 0. The second-order valence-corrected chi connectivity index (χ2v) is 5.53. The van der Waals surface area contributed by atoms with Gasteiger partial charge in [0.15, 0.2) is 0 Å². The van der Waals surface area contributed by atoms with Crippen molar-refractivity contribution < 1.29 is 9.53 Å². The molecule has 3 aliphatic carbocycles. The van der Waals surface area contributed by atoms with Crippen molar-refractivity contribution in [3.63, 3.8) is 0 Å². The van der Waals surface area contributed by atoms with Crippen LogP contribution in [-0.4, -0.2) is 18.6 Å². The fourth-order valence-corrected chi connectivity index (χ4v) is 3.40. The van der Waals surface area contributed by atoms with Crippen molar-refractivity contribution in [3.05, 3.63) is 0 Å². The lowest BCUT2D eigenvalue weighted by atomic mass is 9.38. The second-order valence-electron chi connectivity index (χ2n) is 5.53. The summed E-state index contributed by atoms with van der Waals surface area (Å²) in [5, 5.41) is 0. The normalized spacial score (nSPS) is 36.7. The Hall–Kier alpha value is -0.570. The highest BCUT2D eigenvalue weighted by Gasteiger charge is 2.64. The first-order valence-corrected chi connectivity index (χ1v) is 5.93. The van der Waals surface area contributed by atoms with Crippen LogP contribution in [0, 0.1) is 5.41 Å². The molecule has 0 spiro atoms. The summed E-state index contributed by atoms with van der Waals surface area (Å²) < 4.78 is 4.60. The van der Waals surface area contributed by atoms with Crippen molar-refractivity contribution in [3.8, 4) is 0 Å². The van der Waals surface area contributed by atoms with E-state index in [1.165, 1.54) is 39.2 Å². The van der Waals surface area contributed by atoms with Crippen LogP contribution in [0.1, 0.15) is 51.4 Å². The molecule has 3 nitrogen and oxygen atoms in total. The number of carbonyl (C=O) groups is 1. The minimum absolute atomic E-state index is 0.0820. The van der Waals surface area contributed by atoms with E-state index in [0.29, 0.717) is 11.8 Å². The van der Waals surface area contributed by atoms with Gasteiger partial charge in [0.2, 0.25) is 0 Å². The van der Waals surface area contributed by atoms with Gasteiger partial charge in [-0.1, -0.05) is 12.8 Å². The largest absolute Gasteiger partial charge is 0.469 e. The molecule has 0 aromatic carbocycles. The second kappa shape index (κ2) is 3.78. The molecule has 2 N–H and O–H groups in total. The van der Waals surface area contributed by atoms with Crippen molar-refractivity contribution in [1.82, 2.24) is 0 Å². The summed E-state index contributed by atoms with van der Waals surface area (Å²) in [6.45, 7) is 0. The fraction of sp³-hybridized carbons (Fsp3) is 0.917. The van der Waals surface area contributed by atoms with Crippen LogP contribution in [0.3, 0.4) is 0 Å². The lowest BCUT2D eigenvalue weighted by molar-refractivity contribution is -0.141. The lowest BCUT2D eigenvalue weighted by Crippen LogP contribution is -2.71. The molecule has 3 aliphatic rings. The van der Waals surface area contributed by atoms with Crippen LogP contribution < -0.4 is 5.73 Å². The van der Waals surface area contributed by atoms with E-state index < -0.39 is 0 Å². The van der Waals surface area contributed by atoms with Crippen molar-refractivity contribution >= 4 is 5.97 Å². The summed E-state index contributed by atoms with van der Waals surface area (Å²) in [7, 11) is 1.45. The Morgan fingerprint density at radius 2 is 1.93 bits per heavy atom. The van der Waals surface area contributed by atoms with Gasteiger partial charge < -0.3 is 10.5 Å². The molecule has 3 heteroatoms. The molecule has 0 atom stereocenters. The molecule has 0 aromatic rings. The number of unbranched alkanes of at least 4 members (excludes halogenated alkanes) is 2. The Morgan fingerprint density at radius 1 is 1.27 bits per heavy atom. The maximum atomic E-state index is 10.9. The maximum absolute atomic E-state index is 10.9. The first kappa shape index (κ1) is 10.9. The van der Waals surface area contributed by atoms with Gasteiger partial charge in [-0.25, -0.2) is 0 Å². The molecule has 0 heterocycles. The molecule has 3 fully saturated rings. The molecule has 3 rings (SSSR count). The number of hydrogen-bond donors (Lipinski definition) is 1. The van der Waals surface area contributed by atoms with Gasteiger partial charge >= 0.3 is 5.97 Å². The van der Waals surface area contributed by atoms with E-state index in [0.717, 1.165) is 12.8 Å². The van der Waals surface area contributed by atoms with Crippen LogP contribution >= 0.6 is 0 Å². The standard InChI is InChI=1S/C12H21NO2/c1-15-10(14)5-3-2-4-6-11-7-12(13,8-11)9-11/h2-9,13H2,1H3. The highest BCUT2D eigenvalue weighted by Crippen LogP contribution is 2.68. The van der Waals surface area contributed by atoms with E-state index in [4.69, 9.17) is 5.73 Å². The van der Waals surface area contributed by atoms with E-state index in [9.17, 15) is 4.79 Å². The average Bonchev–Trinajstić information content (AvgIpc) is 2.12. The molecule has 0 amide bonds. The number of hydrogen-bond acceptors (Lipinski definition) is 3. The SMILES string of the molecule is COC(=O)CCCCCC12CC(N)(C1)C2. The Balaban J connectivity index is 1.48. The minimum Gasteiger partial charge on any atom is -0.469 e. The Kier molecular flexibility index (Phi) is 2.75. The Labute approximate surface area is 91.4 Å². The predicted octanol–water partition coefficient (Wildman–Crippen LogP) is 1.99. The fourth-order valence-electron chi connectivity index (χ4n) is 3.40. The van der Waals surface area contributed by atoms with E-state index in [2.05, 4.69) is 4.74 Å². The van der Waals surface area contributed by atoms with Gasteiger partial charge in [0.25, 0.3) is 0 Å². The van der Waals surface area contributed by atoms with Gasteiger partial charge in [0.1, 0.15) is 0 Å². The van der Waals surface area contributed by atoms with E-state index >= 15 is 0 Å². The first-order chi connectivity index (χ1) is 7.08. The number of rotatable bonds is 6. The molecule has 0 aliphatic heterocycles. The summed E-state index contributed by atoms with van der Waals surface area (Å²) >= 11 is 0. The van der Waals surface area contributed by atoms with Gasteiger partial charge in [-0.05, 0) is 37.5 Å². The summed E-state index contributed by atoms with van der Waals surface area (Å²) in [5.74, 6) is -0.0820. The average molecular weight is 211 g/mol. The van der Waals surface area contributed by atoms with Gasteiger partial charge in [-0.15, -0.1) is 0 Å². The van der Waals surface area contributed by atoms with Crippen LogP contribution in [0.5, 0.6) is 0 Å². The predicted molar refractivity (Wildman–Crippen MR) is 58.3 cm³/mol. The third-order valence-electron chi connectivity index (χ3n) is 4.00. The van der Waals surface area contributed by atoms with E-state index in [-0.39, 0.29) is 11.5 Å². The molecule has 86 valence electrons. The number of carbonyl (C=O) groups excluding carboxylic acids is 1. The highest BCUT2D eigenvalue weighted by atomic mass is 16.5. The summed E-state index contributed by atoms with van der Waals surface area (Å²) in [6.07, 6.45) is 8.99. The van der Waals surface area contributed by atoms with Gasteiger partial charge in [-0.2, -0.15) is 0 Å². The molecule has 15 heavy (non-hydrogen) atoms. The summed E-state index contributed by atoms with van der Waals surface area (Å²) in [5.41, 5.74) is 6.87. The number of methoxy groups -OCH3 is 1. The van der Waals surface area contributed by atoms with Crippen molar-refractivity contribution in [2.45, 2.75) is 56.9 Å². The van der Waals surface area contributed by atoms with Crippen molar-refractivity contribution in [1.29, 1.82) is 0 Å². The van der Waals surface area contributed by atoms with Crippen LogP contribution in [0.25, 0.3) is 0 Å². The molecule has 0 unspecified atom stereocenters. The van der Waals surface area contributed by atoms with Gasteiger partial charge in [0.05, 0.1) is 7.11 Å². The third kappa shape index (κ3) is 2.17. The van der Waals surface area contributed by atoms with E-state index in [1.54, 1.807) is 0 Å². The Bertz CT molecular complexity index is 243. The zero-order chi connectivity index (χ0) is 10.9. The zero-order valence-corrected chi connectivity index (χ0v) is 9.55. The molecular weight excluding hydrogens is 190 g/mol. The number of esters is 1. The number of nitrogens with two attached hydrogens (primary N) is 1. The van der Waals surface area contributed by atoms with Gasteiger partial charge in [-0.3, -0.25) is 4.79 Å². The first-order valence-electron chi connectivity index (χ1n) is 5.93. The Morgan fingerprint density at radius 3 is 2.47 bits per heavy atom.